The highest BCUT2D eigenvalue weighted by Gasteiger charge is 2.58. The lowest BCUT2D eigenvalue weighted by atomic mass is 9.84. The second-order valence-corrected chi connectivity index (χ2v) is 19.8. The predicted molar refractivity (Wildman–Crippen MR) is 289 cm³/mol. The van der Waals surface area contributed by atoms with Gasteiger partial charge in [0.2, 0.25) is 0 Å². The Labute approximate surface area is 466 Å². The van der Waals surface area contributed by atoms with Gasteiger partial charge >= 0.3 is 35.8 Å². The SMILES string of the molecule is C[C@H](N)C1OC(OC2C(OC(=O)c3ccccc3)C(N)CC(N)C2OC2OC([C@@H](C)OC(=O)c3ccccc3)C(OC(=O)c3ccccc3)C(OC(=O)c3ccccc3)C2N)C(OC(=O)c2ccccc2)C1OC(=O)c1ccccc1. The first-order chi connectivity index (χ1) is 39.1. The van der Waals surface area contributed by atoms with Gasteiger partial charge in [0.05, 0.1) is 39.4 Å². The van der Waals surface area contributed by atoms with Crippen LogP contribution in [0.5, 0.6) is 0 Å². The van der Waals surface area contributed by atoms with Crippen LogP contribution in [0.3, 0.4) is 0 Å². The van der Waals surface area contributed by atoms with Crippen molar-refractivity contribution in [2.75, 3.05) is 0 Å². The maximum absolute atomic E-state index is 14.2. The van der Waals surface area contributed by atoms with E-state index in [1.807, 2.05) is 0 Å². The smallest absolute Gasteiger partial charge is 0.338 e. The van der Waals surface area contributed by atoms with E-state index >= 15 is 0 Å². The van der Waals surface area contributed by atoms with Gasteiger partial charge in [0, 0.05) is 18.1 Å². The van der Waals surface area contributed by atoms with Crippen molar-refractivity contribution in [1.29, 1.82) is 0 Å². The molecule has 0 bridgehead atoms. The van der Waals surface area contributed by atoms with Gasteiger partial charge in [0.25, 0.3) is 0 Å². The van der Waals surface area contributed by atoms with Gasteiger partial charge in [-0.1, -0.05) is 109 Å². The van der Waals surface area contributed by atoms with E-state index in [0.29, 0.717) is 0 Å². The van der Waals surface area contributed by atoms with E-state index in [1.165, 1.54) is 67.6 Å². The number of hydrogen-bond donors (Lipinski definition) is 4. The lowest BCUT2D eigenvalue weighted by Gasteiger charge is -2.49. The number of hydrogen-bond acceptors (Lipinski definition) is 20. The zero-order valence-corrected chi connectivity index (χ0v) is 44.1. The van der Waals surface area contributed by atoms with Crippen molar-refractivity contribution in [1.82, 2.24) is 0 Å². The fourth-order valence-electron chi connectivity index (χ4n) is 9.87. The number of benzene rings is 6. The molecule has 0 radical (unpaired) electrons. The molecule has 2 aliphatic heterocycles. The largest absolute Gasteiger partial charge is 0.456 e. The molecule has 0 aromatic heterocycles. The molecule has 422 valence electrons. The Kier molecular flexibility index (Phi) is 18.7. The van der Waals surface area contributed by atoms with Crippen LogP contribution in [0.2, 0.25) is 0 Å². The molecule has 16 atom stereocenters. The van der Waals surface area contributed by atoms with Crippen molar-refractivity contribution >= 4 is 35.8 Å². The summed E-state index contributed by atoms with van der Waals surface area (Å²) < 4.78 is 63.9. The maximum atomic E-state index is 14.2. The van der Waals surface area contributed by atoms with Crippen molar-refractivity contribution in [3.63, 3.8) is 0 Å². The third-order valence-electron chi connectivity index (χ3n) is 14.0. The molecule has 14 unspecified atom stereocenters. The molecule has 20 heteroatoms. The van der Waals surface area contributed by atoms with E-state index in [1.54, 1.807) is 128 Å². The Morgan fingerprint density at radius 2 is 0.691 bits per heavy atom. The van der Waals surface area contributed by atoms with Crippen LogP contribution in [-0.2, 0) is 47.4 Å². The Morgan fingerprint density at radius 1 is 0.383 bits per heavy atom. The van der Waals surface area contributed by atoms with Crippen LogP contribution in [-0.4, -0.2) is 134 Å². The number of carbonyl (C=O) groups is 6. The Balaban J connectivity index is 1.12. The fraction of sp³-hybridized carbons (Fsp3) is 0.311. The summed E-state index contributed by atoms with van der Waals surface area (Å²) in [6, 6.07) is 43.5. The normalized spacial score (nSPS) is 27.8. The molecule has 6 aromatic carbocycles. The zero-order chi connectivity index (χ0) is 57.2. The van der Waals surface area contributed by atoms with Crippen LogP contribution in [0.15, 0.2) is 182 Å². The number of esters is 6. The first-order valence-corrected chi connectivity index (χ1v) is 26.4. The van der Waals surface area contributed by atoms with E-state index in [0.717, 1.165) is 0 Å². The van der Waals surface area contributed by atoms with Gasteiger partial charge in [-0.2, -0.15) is 0 Å². The zero-order valence-electron chi connectivity index (χ0n) is 44.1. The second kappa shape index (κ2) is 26.4. The van der Waals surface area contributed by atoms with Gasteiger partial charge < -0.3 is 70.3 Å². The monoisotopic (exact) mass is 1110 g/mol. The molecular formula is C61H62N4O16. The maximum Gasteiger partial charge on any atom is 0.338 e. The third kappa shape index (κ3) is 13.7. The van der Waals surface area contributed by atoms with E-state index in [2.05, 4.69) is 0 Å². The molecular weight excluding hydrogens is 1040 g/mol. The minimum absolute atomic E-state index is 0.0881. The van der Waals surface area contributed by atoms with Crippen LogP contribution < -0.4 is 22.9 Å². The fourth-order valence-corrected chi connectivity index (χ4v) is 9.87. The van der Waals surface area contributed by atoms with E-state index in [9.17, 15) is 28.8 Å². The molecule has 0 spiro atoms. The third-order valence-corrected chi connectivity index (χ3v) is 14.0. The number of ether oxygens (including phenoxy) is 10. The van der Waals surface area contributed by atoms with Crippen LogP contribution >= 0.6 is 0 Å². The van der Waals surface area contributed by atoms with Crippen LogP contribution in [0.25, 0.3) is 0 Å². The minimum Gasteiger partial charge on any atom is -0.456 e. The molecule has 1 saturated carbocycles. The van der Waals surface area contributed by atoms with Gasteiger partial charge in [-0.15, -0.1) is 0 Å². The van der Waals surface area contributed by atoms with Gasteiger partial charge in [-0.3, -0.25) is 0 Å². The average molecular weight is 1110 g/mol. The van der Waals surface area contributed by atoms with Crippen molar-refractivity contribution < 1.29 is 76.1 Å². The standard InChI is InChI=1S/C61H62N4O16/c1-34(62)45-50(75-57(69)39-27-15-6-16-28-39)53(77-59(71)41-31-19-8-20-32-41)61(78-45)81-52-47(73-55(67)37-23-11-4-12-24-37)42(63)33-43(64)48(52)80-60-44(65)49(74-56(68)38-25-13-5-14-26-38)51(76-58(70)40-29-17-7-18-30-40)46(79-60)35(2)72-54(66)36-21-9-3-10-22-36/h3-32,34-35,42-53,60-61H,33,62-65H2,1-2H3/t34-,35+,42?,43?,44?,45?,46?,47?,48?,49?,50?,51?,52?,53?,60?,61?/m0/s1. The molecule has 81 heavy (non-hydrogen) atoms. The first kappa shape index (κ1) is 57.5. The van der Waals surface area contributed by atoms with Crippen molar-refractivity contribution in [2.45, 2.75) is 118 Å². The first-order valence-electron chi connectivity index (χ1n) is 26.4. The summed E-state index contributed by atoms with van der Waals surface area (Å²) in [5, 5.41) is 0. The van der Waals surface area contributed by atoms with Crippen molar-refractivity contribution in [3.8, 4) is 0 Å². The topological polar surface area (TPSA) is 299 Å². The molecule has 2 saturated heterocycles. The average Bonchev–Trinajstić information content (AvgIpc) is 4.05. The quantitative estimate of drug-likeness (QED) is 0.0626. The second-order valence-electron chi connectivity index (χ2n) is 19.8. The van der Waals surface area contributed by atoms with E-state index in [4.69, 9.17) is 70.3 Å². The van der Waals surface area contributed by atoms with Crippen LogP contribution in [0.4, 0.5) is 0 Å². The highest BCUT2D eigenvalue weighted by Crippen LogP contribution is 2.38. The Morgan fingerprint density at radius 3 is 1.09 bits per heavy atom. The molecule has 20 nitrogen and oxygen atoms in total. The van der Waals surface area contributed by atoms with Crippen LogP contribution in [0, 0.1) is 0 Å². The summed E-state index contributed by atoms with van der Waals surface area (Å²) in [4.78, 5) is 84.1. The Bertz CT molecular complexity index is 3080. The van der Waals surface area contributed by atoms with Gasteiger partial charge in [0.15, 0.2) is 37.0 Å². The molecule has 1 aliphatic carbocycles. The lowest BCUT2D eigenvalue weighted by molar-refractivity contribution is -0.314. The summed E-state index contributed by atoms with van der Waals surface area (Å²) in [6.45, 7) is 3.08. The van der Waals surface area contributed by atoms with Crippen molar-refractivity contribution in [2.24, 2.45) is 22.9 Å². The summed E-state index contributed by atoms with van der Waals surface area (Å²) in [5.41, 5.74) is 28.5. The molecule has 6 aromatic rings. The highest BCUT2D eigenvalue weighted by molar-refractivity contribution is 5.92. The molecule has 2 heterocycles. The Hall–Kier alpha value is -8.18. The van der Waals surface area contributed by atoms with Gasteiger partial charge in [-0.05, 0) is 93.1 Å². The lowest BCUT2D eigenvalue weighted by Crippen LogP contribution is -2.70. The van der Waals surface area contributed by atoms with Crippen molar-refractivity contribution in [3.05, 3.63) is 215 Å². The number of carbonyl (C=O) groups excluding carboxylic acids is 6. The number of rotatable bonds is 18. The van der Waals surface area contributed by atoms with Gasteiger partial charge in [0.1, 0.15) is 36.6 Å². The molecule has 8 N–H and O–H groups in total. The molecule has 3 fully saturated rings. The van der Waals surface area contributed by atoms with E-state index < -0.39 is 134 Å². The summed E-state index contributed by atoms with van der Waals surface area (Å²) in [5.74, 6) is -4.99. The number of nitrogens with two attached hydrogens (primary N) is 4. The predicted octanol–water partition coefficient (Wildman–Crippen LogP) is 5.31. The highest BCUT2D eigenvalue weighted by atomic mass is 16.8. The molecule has 0 amide bonds. The molecule has 9 rings (SSSR count). The minimum atomic E-state index is -1.72. The van der Waals surface area contributed by atoms with Crippen LogP contribution in [0.1, 0.15) is 82.4 Å². The van der Waals surface area contributed by atoms with E-state index in [-0.39, 0.29) is 39.8 Å². The van der Waals surface area contributed by atoms with Gasteiger partial charge in [-0.25, -0.2) is 28.8 Å². The summed E-state index contributed by atoms with van der Waals surface area (Å²) >= 11 is 0. The molecule has 3 aliphatic rings. The summed E-state index contributed by atoms with van der Waals surface area (Å²) in [6.07, 6.45) is -18.3. The summed E-state index contributed by atoms with van der Waals surface area (Å²) in [7, 11) is 0.